The van der Waals surface area contributed by atoms with Gasteiger partial charge in [-0.15, -0.1) is 0 Å². The zero-order chi connectivity index (χ0) is 25.3. The van der Waals surface area contributed by atoms with Crippen molar-refractivity contribution in [1.29, 1.82) is 5.26 Å². The van der Waals surface area contributed by atoms with Crippen molar-refractivity contribution in [1.82, 2.24) is 0 Å². The van der Waals surface area contributed by atoms with Crippen molar-refractivity contribution in [2.45, 2.75) is 32.6 Å². The Bertz CT molecular complexity index is 1300. The number of anilines is 1. The average Bonchev–Trinajstić information content (AvgIpc) is 2.75. The zero-order valence-corrected chi connectivity index (χ0v) is 20.7. The van der Waals surface area contributed by atoms with Gasteiger partial charge in [-0.3, -0.25) is 9.59 Å². The van der Waals surface area contributed by atoms with Gasteiger partial charge in [0.1, 0.15) is 23.2 Å². The standard InChI is InChI=1S/C26H23Cl2N3O4/c1-26(2)10-20(32)24-21(11-26)35-25(30)19(12-29)23(24)14-4-3-5-18(6-14)34-13-22(33)31-17-8-15(27)7-16(28)9-17/h3-9,23H,10-11,13,30H2,1-2H3,(H,31,33). The molecular formula is C26H23Cl2N3O4. The summed E-state index contributed by atoms with van der Waals surface area (Å²) in [6.45, 7) is 3.71. The molecule has 7 nitrogen and oxygen atoms in total. The van der Waals surface area contributed by atoms with Crippen molar-refractivity contribution in [3.63, 3.8) is 0 Å². The molecule has 0 saturated heterocycles. The molecule has 180 valence electrons. The highest BCUT2D eigenvalue weighted by Crippen LogP contribution is 2.48. The maximum atomic E-state index is 13.1. The van der Waals surface area contributed by atoms with Crippen molar-refractivity contribution in [3.05, 3.63) is 80.9 Å². The molecule has 0 radical (unpaired) electrons. The Kier molecular flexibility index (Phi) is 6.79. The molecule has 0 fully saturated rings. The maximum Gasteiger partial charge on any atom is 0.262 e. The van der Waals surface area contributed by atoms with Crippen LogP contribution in [-0.4, -0.2) is 18.3 Å². The Balaban J connectivity index is 1.56. The molecule has 2 aromatic rings. The Morgan fingerprint density at radius 1 is 1.23 bits per heavy atom. The zero-order valence-electron chi connectivity index (χ0n) is 19.2. The number of hydrogen-bond acceptors (Lipinski definition) is 6. The summed E-state index contributed by atoms with van der Waals surface area (Å²) in [6.07, 6.45) is 0.877. The lowest BCUT2D eigenvalue weighted by Gasteiger charge is -2.37. The molecule has 0 aromatic heterocycles. The van der Waals surface area contributed by atoms with Crippen molar-refractivity contribution >= 4 is 40.6 Å². The number of rotatable bonds is 5. The van der Waals surface area contributed by atoms with Gasteiger partial charge in [0.2, 0.25) is 5.88 Å². The van der Waals surface area contributed by atoms with E-state index in [-0.39, 0.29) is 29.3 Å². The lowest BCUT2D eigenvalue weighted by Crippen LogP contribution is -2.33. The highest BCUT2D eigenvalue weighted by atomic mass is 35.5. The number of carbonyl (C=O) groups is 2. The topological polar surface area (TPSA) is 114 Å². The molecular weight excluding hydrogens is 489 g/mol. The highest BCUT2D eigenvalue weighted by Gasteiger charge is 2.43. The summed E-state index contributed by atoms with van der Waals surface area (Å²) < 4.78 is 11.4. The molecule has 35 heavy (non-hydrogen) atoms. The number of nitrogens with one attached hydrogen (secondary N) is 1. The molecule has 0 saturated carbocycles. The fourth-order valence-electron chi connectivity index (χ4n) is 4.37. The van der Waals surface area contributed by atoms with Crippen LogP contribution in [0, 0.1) is 16.7 Å². The molecule has 9 heteroatoms. The summed E-state index contributed by atoms with van der Waals surface area (Å²) in [5, 5.41) is 13.3. The van der Waals surface area contributed by atoms with E-state index in [1.54, 1.807) is 42.5 Å². The number of ketones is 1. The summed E-state index contributed by atoms with van der Waals surface area (Å²) in [6, 6.07) is 13.7. The van der Waals surface area contributed by atoms with E-state index in [0.29, 0.717) is 51.2 Å². The summed E-state index contributed by atoms with van der Waals surface area (Å²) >= 11 is 11.9. The van der Waals surface area contributed by atoms with Crippen LogP contribution in [0.1, 0.15) is 38.2 Å². The van der Waals surface area contributed by atoms with E-state index in [9.17, 15) is 14.9 Å². The van der Waals surface area contributed by atoms with Crippen LogP contribution in [0.5, 0.6) is 5.75 Å². The van der Waals surface area contributed by atoms with Crippen molar-refractivity contribution in [3.8, 4) is 11.8 Å². The van der Waals surface area contributed by atoms with Crippen molar-refractivity contribution in [2.75, 3.05) is 11.9 Å². The first kappa shape index (κ1) is 24.6. The first-order chi connectivity index (χ1) is 16.6. The maximum absolute atomic E-state index is 13.1. The molecule has 1 aliphatic heterocycles. The highest BCUT2D eigenvalue weighted by molar-refractivity contribution is 6.35. The van der Waals surface area contributed by atoms with Gasteiger partial charge in [-0.05, 0) is 41.3 Å². The third-order valence-corrected chi connectivity index (χ3v) is 6.22. The van der Waals surface area contributed by atoms with Gasteiger partial charge < -0.3 is 20.5 Å². The lowest BCUT2D eigenvalue weighted by molar-refractivity contribution is -0.119. The second-order valence-corrected chi connectivity index (χ2v) is 10.1. The molecule has 1 aliphatic carbocycles. The number of ether oxygens (including phenoxy) is 2. The molecule has 1 amide bonds. The predicted octanol–water partition coefficient (Wildman–Crippen LogP) is 5.46. The number of allylic oxidation sites excluding steroid dienone is 3. The van der Waals surface area contributed by atoms with Gasteiger partial charge in [0, 0.05) is 34.1 Å². The van der Waals surface area contributed by atoms with E-state index in [4.69, 9.17) is 38.4 Å². The molecule has 0 spiro atoms. The van der Waals surface area contributed by atoms with E-state index in [0.717, 1.165) is 0 Å². The third-order valence-electron chi connectivity index (χ3n) is 5.78. The normalized spacial score (nSPS) is 18.9. The van der Waals surface area contributed by atoms with Crippen LogP contribution < -0.4 is 15.8 Å². The van der Waals surface area contributed by atoms with Gasteiger partial charge in [0.25, 0.3) is 5.91 Å². The monoisotopic (exact) mass is 511 g/mol. The number of Topliss-reactive ketones (excluding diaryl/α,β-unsaturated/α-hetero) is 1. The predicted molar refractivity (Wildman–Crippen MR) is 133 cm³/mol. The van der Waals surface area contributed by atoms with E-state index in [2.05, 4.69) is 11.4 Å². The van der Waals surface area contributed by atoms with Crippen molar-refractivity contribution < 1.29 is 19.1 Å². The van der Waals surface area contributed by atoms with Crippen LogP contribution in [0.4, 0.5) is 5.69 Å². The van der Waals surface area contributed by atoms with Crippen molar-refractivity contribution in [2.24, 2.45) is 11.1 Å². The van der Waals surface area contributed by atoms with Gasteiger partial charge in [0.05, 0.1) is 5.92 Å². The van der Waals surface area contributed by atoms with Gasteiger partial charge in [-0.1, -0.05) is 49.2 Å². The largest absolute Gasteiger partial charge is 0.484 e. The fraction of sp³-hybridized carbons (Fsp3) is 0.269. The number of carbonyl (C=O) groups excluding carboxylic acids is 2. The fourth-order valence-corrected chi connectivity index (χ4v) is 4.90. The number of nitrogens with two attached hydrogens (primary N) is 1. The van der Waals surface area contributed by atoms with E-state index in [1.165, 1.54) is 0 Å². The lowest BCUT2D eigenvalue weighted by atomic mass is 9.70. The SMILES string of the molecule is CC1(C)CC(=O)C2=C(C1)OC(N)=C(C#N)C2c1cccc(OCC(=O)Nc2cc(Cl)cc(Cl)c2)c1. The number of nitriles is 1. The number of benzene rings is 2. The summed E-state index contributed by atoms with van der Waals surface area (Å²) in [4.78, 5) is 25.5. The number of nitrogens with zero attached hydrogens (tertiary/aromatic N) is 1. The summed E-state index contributed by atoms with van der Waals surface area (Å²) in [7, 11) is 0. The third kappa shape index (κ3) is 5.45. The Morgan fingerprint density at radius 3 is 2.63 bits per heavy atom. The molecule has 3 N–H and O–H groups in total. The second-order valence-electron chi connectivity index (χ2n) is 9.27. The van der Waals surface area contributed by atoms with Crippen LogP contribution in [0.25, 0.3) is 0 Å². The summed E-state index contributed by atoms with van der Waals surface area (Å²) in [5.74, 6) is -0.261. The number of hydrogen-bond donors (Lipinski definition) is 2. The molecule has 1 atom stereocenters. The van der Waals surface area contributed by atoms with Crippen LogP contribution in [0.15, 0.2) is 65.3 Å². The van der Waals surface area contributed by atoms with E-state index < -0.39 is 11.8 Å². The van der Waals surface area contributed by atoms with Gasteiger partial charge in [0.15, 0.2) is 12.4 Å². The molecule has 4 rings (SSSR count). The first-order valence-electron chi connectivity index (χ1n) is 10.9. The Hall–Kier alpha value is -3.47. The number of amides is 1. The quantitative estimate of drug-likeness (QED) is 0.550. The van der Waals surface area contributed by atoms with Crippen LogP contribution in [0.2, 0.25) is 10.0 Å². The molecule has 0 bridgehead atoms. The van der Waals surface area contributed by atoms with Gasteiger partial charge >= 0.3 is 0 Å². The minimum atomic E-state index is -0.668. The minimum Gasteiger partial charge on any atom is -0.484 e. The average molecular weight is 512 g/mol. The van der Waals surface area contributed by atoms with Gasteiger partial charge in [-0.2, -0.15) is 5.26 Å². The van der Waals surface area contributed by atoms with E-state index in [1.807, 2.05) is 13.8 Å². The minimum absolute atomic E-state index is 0.00682. The smallest absolute Gasteiger partial charge is 0.262 e. The van der Waals surface area contributed by atoms with Crippen LogP contribution in [0.3, 0.4) is 0 Å². The first-order valence-corrected chi connectivity index (χ1v) is 11.6. The number of halogens is 2. The summed E-state index contributed by atoms with van der Waals surface area (Å²) in [5.41, 5.74) is 7.52. The Morgan fingerprint density at radius 2 is 1.94 bits per heavy atom. The van der Waals surface area contributed by atoms with Crippen LogP contribution in [-0.2, 0) is 14.3 Å². The van der Waals surface area contributed by atoms with Crippen LogP contribution >= 0.6 is 23.2 Å². The Labute approximate surface area is 213 Å². The van der Waals surface area contributed by atoms with Gasteiger partial charge in [-0.25, -0.2) is 0 Å². The molecule has 1 unspecified atom stereocenters. The molecule has 1 heterocycles. The molecule has 2 aliphatic rings. The molecule has 2 aromatic carbocycles. The second kappa shape index (κ2) is 9.65. The van der Waals surface area contributed by atoms with E-state index >= 15 is 0 Å².